The zero-order valence-electron chi connectivity index (χ0n) is 17.6. The Morgan fingerprint density at radius 3 is 2.76 bits per heavy atom. The molecule has 3 heterocycles. The highest BCUT2D eigenvalue weighted by atomic mass is 16.5. The van der Waals surface area contributed by atoms with Crippen molar-refractivity contribution >= 4 is 27.8 Å². The number of hydrogen-bond donors (Lipinski definition) is 0. The summed E-state index contributed by atoms with van der Waals surface area (Å²) in [6.07, 6.45) is 6.26. The van der Waals surface area contributed by atoms with Crippen LogP contribution in [0.15, 0.2) is 24.4 Å². The molecule has 154 valence electrons. The largest absolute Gasteiger partial charge is 0.381 e. The lowest BCUT2D eigenvalue weighted by Gasteiger charge is -2.23. The number of ether oxygens (including phenoxy) is 1. The minimum atomic E-state index is 0.149. The first-order valence-electron chi connectivity index (χ1n) is 10.6. The molecule has 0 N–H and O–H groups in total. The average molecular weight is 395 g/mol. The quantitative estimate of drug-likeness (QED) is 0.641. The fourth-order valence-electron chi connectivity index (χ4n) is 4.19. The average Bonchev–Trinajstić information content (AvgIpc) is 3.10. The standard InChI is InChI=1S/C23H30N4O2/c1-4-21-25-20-14-24-19-13-16(6-8-22(28)26(2)3)5-7-18(19)23(20)27(21)15-17-9-11-29-12-10-17/h5,7,13-14,17H,4,6,8-12,15H2,1-3H3. The van der Waals surface area contributed by atoms with Crippen LogP contribution in [0.2, 0.25) is 0 Å². The number of carbonyl (C=O) groups excluding carboxylic acids is 1. The normalized spacial score (nSPS) is 15.3. The van der Waals surface area contributed by atoms with Crippen molar-refractivity contribution in [1.29, 1.82) is 0 Å². The number of imidazole rings is 1. The zero-order valence-corrected chi connectivity index (χ0v) is 17.6. The van der Waals surface area contributed by atoms with Gasteiger partial charge >= 0.3 is 0 Å². The first kappa shape index (κ1) is 19.8. The molecule has 0 spiro atoms. The predicted octanol–water partition coefficient (Wildman–Crippen LogP) is 3.59. The Balaban J connectivity index is 1.69. The van der Waals surface area contributed by atoms with Gasteiger partial charge in [0.05, 0.1) is 17.2 Å². The minimum absolute atomic E-state index is 0.149. The van der Waals surface area contributed by atoms with E-state index in [1.54, 1.807) is 19.0 Å². The summed E-state index contributed by atoms with van der Waals surface area (Å²) in [6, 6.07) is 6.40. The molecule has 2 aromatic heterocycles. The molecule has 1 amide bonds. The van der Waals surface area contributed by atoms with Crippen LogP contribution in [0.3, 0.4) is 0 Å². The maximum atomic E-state index is 11.9. The molecule has 0 bridgehead atoms. The van der Waals surface area contributed by atoms with Crippen LogP contribution in [0.4, 0.5) is 0 Å². The highest BCUT2D eigenvalue weighted by Gasteiger charge is 2.19. The van der Waals surface area contributed by atoms with Crippen LogP contribution < -0.4 is 0 Å². The van der Waals surface area contributed by atoms with Crippen molar-refractivity contribution in [2.45, 2.75) is 45.6 Å². The molecular weight excluding hydrogens is 364 g/mol. The fraction of sp³-hybridized carbons (Fsp3) is 0.522. The maximum absolute atomic E-state index is 11.9. The lowest BCUT2D eigenvalue weighted by Crippen LogP contribution is -2.21. The van der Waals surface area contributed by atoms with Gasteiger partial charge in [-0.05, 0) is 36.8 Å². The van der Waals surface area contributed by atoms with Crippen molar-refractivity contribution in [2.24, 2.45) is 5.92 Å². The third-order valence-corrected chi connectivity index (χ3v) is 5.94. The third-order valence-electron chi connectivity index (χ3n) is 5.94. The zero-order chi connectivity index (χ0) is 20.4. The number of fused-ring (bicyclic) bond motifs is 3. The highest BCUT2D eigenvalue weighted by Crippen LogP contribution is 2.28. The summed E-state index contributed by atoms with van der Waals surface area (Å²) in [5.41, 5.74) is 4.28. The van der Waals surface area contributed by atoms with Gasteiger partial charge in [0, 0.05) is 52.1 Å². The molecule has 6 heteroatoms. The molecule has 1 aliphatic rings. The van der Waals surface area contributed by atoms with Crippen LogP contribution in [0.1, 0.15) is 37.6 Å². The molecule has 1 saturated heterocycles. The summed E-state index contributed by atoms with van der Waals surface area (Å²) in [5.74, 6) is 1.91. The predicted molar refractivity (Wildman–Crippen MR) is 115 cm³/mol. The number of aryl methyl sites for hydroxylation is 2. The second-order valence-electron chi connectivity index (χ2n) is 8.18. The van der Waals surface area contributed by atoms with Crippen LogP contribution in [0.25, 0.3) is 21.9 Å². The number of nitrogens with zero attached hydrogens (tertiary/aromatic N) is 4. The Hall–Kier alpha value is -2.47. The Kier molecular flexibility index (Phi) is 5.81. The van der Waals surface area contributed by atoms with Gasteiger partial charge in [-0.25, -0.2) is 4.98 Å². The van der Waals surface area contributed by atoms with Gasteiger partial charge in [-0.15, -0.1) is 0 Å². The second kappa shape index (κ2) is 8.49. The first-order chi connectivity index (χ1) is 14.1. The third kappa shape index (κ3) is 4.13. The Morgan fingerprint density at radius 1 is 1.24 bits per heavy atom. The van der Waals surface area contributed by atoms with E-state index in [1.165, 1.54) is 5.52 Å². The number of pyridine rings is 1. The highest BCUT2D eigenvalue weighted by molar-refractivity contribution is 6.02. The monoisotopic (exact) mass is 394 g/mol. The van der Waals surface area contributed by atoms with Crippen LogP contribution in [-0.4, -0.2) is 52.7 Å². The van der Waals surface area contributed by atoms with Gasteiger partial charge in [-0.1, -0.05) is 19.1 Å². The summed E-state index contributed by atoms with van der Waals surface area (Å²) in [4.78, 5) is 23.1. The summed E-state index contributed by atoms with van der Waals surface area (Å²) in [7, 11) is 3.60. The Labute approximate surface area is 171 Å². The minimum Gasteiger partial charge on any atom is -0.381 e. The molecule has 0 radical (unpaired) electrons. The van der Waals surface area contributed by atoms with Crippen LogP contribution in [0, 0.1) is 5.92 Å². The van der Waals surface area contributed by atoms with E-state index >= 15 is 0 Å². The van der Waals surface area contributed by atoms with E-state index in [4.69, 9.17) is 9.72 Å². The van der Waals surface area contributed by atoms with Gasteiger partial charge in [0.1, 0.15) is 11.3 Å². The number of benzene rings is 1. The van der Waals surface area contributed by atoms with E-state index in [1.807, 2.05) is 6.20 Å². The molecule has 1 aromatic carbocycles. The first-order valence-corrected chi connectivity index (χ1v) is 10.6. The number of aromatic nitrogens is 3. The number of amides is 1. The Bertz CT molecular complexity index is 1020. The van der Waals surface area contributed by atoms with Crippen molar-refractivity contribution in [1.82, 2.24) is 19.4 Å². The molecule has 0 saturated carbocycles. The summed E-state index contributed by atoms with van der Waals surface area (Å²) in [6.45, 7) is 4.87. The topological polar surface area (TPSA) is 60.2 Å². The molecular formula is C23H30N4O2. The molecule has 0 unspecified atom stereocenters. The summed E-state index contributed by atoms with van der Waals surface area (Å²) in [5, 5.41) is 1.14. The van der Waals surface area contributed by atoms with E-state index < -0.39 is 0 Å². The second-order valence-corrected chi connectivity index (χ2v) is 8.18. The van der Waals surface area contributed by atoms with Crippen molar-refractivity contribution < 1.29 is 9.53 Å². The molecule has 3 aromatic rings. The lowest BCUT2D eigenvalue weighted by atomic mass is 10.00. The molecule has 29 heavy (non-hydrogen) atoms. The Morgan fingerprint density at radius 2 is 2.03 bits per heavy atom. The van der Waals surface area contributed by atoms with E-state index in [2.05, 4.69) is 34.7 Å². The van der Waals surface area contributed by atoms with Gasteiger partial charge in [0.25, 0.3) is 0 Å². The molecule has 0 atom stereocenters. The fourth-order valence-corrected chi connectivity index (χ4v) is 4.19. The van der Waals surface area contributed by atoms with Crippen molar-refractivity contribution in [3.63, 3.8) is 0 Å². The van der Waals surface area contributed by atoms with Gasteiger partial charge in [-0.2, -0.15) is 0 Å². The van der Waals surface area contributed by atoms with Gasteiger partial charge in [0.2, 0.25) is 5.91 Å². The molecule has 6 nitrogen and oxygen atoms in total. The number of carbonyl (C=O) groups is 1. The van der Waals surface area contributed by atoms with E-state index in [0.717, 1.165) is 73.2 Å². The van der Waals surface area contributed by atoms with Crippen LogP contribution in [0.5, 0.6) is 0 Å². The van der Waals surface area contributed by atoms with Crippen molar-refractivity contribution in [3.8, 4) is 0 Å². The van der Waals surface area contributed by atoms with Gasteiger partial charge in [-0.3, -0.25) is 9.78 Å². The molecule has 0 aliphatic carbocycles. The van der Waals surface area contributed by atoms with Gasteiger partial charge < -0.3 is 14.2 Å². The smallest absolute Gasteiger partial charge is 0.222 e. The van der Waals surface area contributed by atoms with Gasteiger partial charge in [0.15, 0.2) is 0 Å². The number of rotatable bonds is 6. The van der Waals surface area contributed by atoms with E-state index in [0.29, 0.717) is 12.3 Å². The SMILES string of the molecule is CCc1nc2cnc3cc(CCC(=O)N(C)C)ccc3c2n1CC1CCOCC1. The van der Waals surface area contributed by atoms with Crippen LogP contribution in [-0.2, 0) is 28.9 Å². The van der Waals surface area contributed by atoms with Crippen LogP contribution >= 0.6 is 0 Å². The molecule has 1 aliphatic heterocycles. The summed E-state index contributed by atoms with van der Waals surface area (Å²) >= 11 is 0. The van der Waals surface area contributed by atoms with Crippen molar-refractivity contribution in [3.05, 3.63) is 35.8 Å². The molecule has 4 rings (SSSR count). The lowest BCUT2D eigenvalue weighted by molar-refractivity contribution is -0.128. The number of hydrogen-bond acceptors (Lipinski definition) is 4. The molecule has 1 fully saturated rings. The van der Waals surface area contributed by atoms with E-state index in [-0.39, 0.29) is 5.91 Å². The van der Waals surface area contributed by atoms with E-state index in [9.17, 15) is 4.79 Å². The summed E-state index contributed by atoms with van der Waals surface area (Å²) < 4.78 is 7.95. The van der Waals surface area contributed by atoms with Crippen molar-refractivity contribution in [2.75, 3.05) is 27.3 Å². The maximum Gasteiger partial charge on any atom is 0.222 e.